The first-order valence-electron chi connectivity index (χ1n) is 8.36. The van der Waals surface area contributed by atoms with E-state index in [2.05, 4.69) is 33.8 Å². The van der Waals surface area contributed by atoms with Gasteiger partial charge >= 0.3 is 0 Å². The van der Waals surface area contributed by atoms with Crippen LogP contribution in [0.25, 0.3) is 11.2 Å². The van der Waals surface area contributed by atoms with Crippen LogP contribution in [0.15, 0.2) is 48.7 Å². The van der Waals surface area contributed by atoms with Crippen molar-refractivity contribution in [2.75, 3.05) is 6.61 Å². The van der Waals surface area contributed by atoms with E-state index in [1.807, 2.05) is 24.4 Å². The standard InChI is InChI=1S/C19H21N3O/c1-2-7-15(8-3-1)13-18-21-17-10-6-11-20-19(17)22(18)14-16-9-4-5-12-23-16/h1-3,6-8,10-11,16H,4-5,9,12-14H2. The second kappa shape index (κ2) is 6.50. The van der Waals surface area contributed by atoms with Gasteiger partial charge in [0.2, 0.25) is 0 Å². The maximum atomic E-state index is 5.93. The minimum Gasteiger partial charge on any atom is -0.376 e. The number of aromatic nitrogens is 3. The predicted molar refractivity (Wildman–Crippen MR) is 90.4 cm³/mol. The number of nitrogens with zero attached hydrogens (tertiary/aromatic N) is 3. The molecule has 1 fully saturated rings. The molecule has 3 aromatic rings. The molecule has 1 atom stereocenters. The zero-order valence-electron chi connectivity index (χ0n) is 13.2. The molecule has 1 aromatic carbocycles. The Morgan fingerprint density at radius 1 is 1.09 bits per heavy atom. The molecular formula is C19H21N3O. The molecule has 0 N–H and O–H groups in total. The molecule has 0 saturated carbocycles. The number of rotatable bonds is 4. The average Bonchev–Trinajstić information content (AvgIpc) is 2.94. The van der Waals surface area contributed by atoms with Gasteiger partial charge in [-0.25, -0.2) is 9.97 Å². The Balaban J connectivity index is 1.69. The van der Waals surface area contributed by atoms with Crippen LogP contribution < -0.4 is 0 Å². The van der Waals surface area contributed by atoms with E-state index in [4.69, 9.17) is 9.72 Å². The minimum atomic E-state index is 0.276. The molecule has 118 valence electrons. The highest BCUT2D eigenvalue weighted by molar-refractivity contribution is 5.71. The molecule has 23 heavy (non-hydrogen) atoms. The van der Waals surface area contributed by atoms with Crippen LogP contribution in [0, 0.1) is 0 Å². The molecule has 0 spiro atoms. The van der Waals surface area contributed by atoms with Gasteiger partial charge in [-0.2, -0.15) is 0 Å². The molecule has 0 radical (unpaired) electrons. The van der Waals surface area contributed by atoms with E-state index in [9.17, 15) is 0 Å². The number of hydrogen-bond donors (Lipinski definition) is 0. The SMILES string of the molecule is c1ccc(Cc2nc3cccnc3n2CC2CCCCO2)cc1. The fourth-order valence-electron chi connectivity index (χ4n) is 3.27. The maximum Gasteiger partial charge on any atom is 0.160 e. The van der Waals surface area contributed by atoms with Crippen LogP contribution in [-0.2, 0) is 17.7 Å². The fraction of sp³-hybridized carbons (Fsp3) is 0.368. The van der Waals surface area contributed by atoms with Crippen molar-refractivity contribution in [3.8, 4) is 0 Å². The van der Waals surface area contributed by atoms with Crippen LogP contribution in [-0.4, -0.2) is 27.2 Å². The first-order chi connectivity index (χ1) is 11.4. The Hall–Kier alpha value is -2.20. The molecule has 3 heterocycles. The molecule has 4 rings (SSSR count). The molecule has 0 aliphatic carbocycles. The van der Waals surface area contributed by atoms with Crippen LogP contribution in [0.3, 0.4) is 0 Å². The Labute approximate surface area is 136 Å². The Morgan fingerprint density at radius 3 is 2.83 bits per heavy atom. The average molecular weight is 307 g/mol. The summed E-state index contributed by atoms with van der Waals surface area (Å²) in [6.45, 7) is 1.72. The summed E-state index contributed by atoms with van der Waals surface area (Å²) in [5.74, 6) is 1.07. The monoisotopic (exact) mass is 307 g/mol. The zero-order valence-corrected chi connectivity index (χ0v) is 13.2. The number of pyridine rings is 1. The van der Waals surface area contributed by atoms with Crippen LogP contribution >= 0.6 is 0 Å². The topological polar surface area (TPSA) is 39.9 Å². The lowest BCUT2D eigenvalue weighted by Crippen LogP contribution is -2.25. The Morgan fingerprint density at radius 2 is 2.00 bits per heavy atom. The highest BCUT2D eigenvalue weighted by Crippen LogP contribution is 2.21. The lowest BCUT2D eigenvalue weighted by molar-refractivity contribution is 0.00615. The van der Waals surface area contributed by atoms with Crippen molar-refractivity contribution < 1.29 is 4.74 Å². The van der Waals surface area contributed by atoms with E-state index in [1.54, 1.807) is 0 Å². The van der Waals surface area contributed by atoms with Crippen molar-refractivity contribution in [1.82, 2.24) is 14.5 Å². The first-order valence-corrected chi connectivity index (χ1v) is 8.36. The highest BCUT2D eigenvalue weighted by atomic mass is 16.5. The van der Waals surface area contributed by atoms with Gasteiger partial charge in [0.25, 0.3) is 0 Å². The van der Waals surface area contributed by atoms with Gasteiger partial charge in [-0.15, -0.1) is 0 Å². The highest BCUT2D eigenvalue weighted by Gasteiger charge is 2.19. The third-order valence-corrected chi connectivity index (χ3v) is 4.45. The van der Waals surface area contributed by atoms with Crippen molar-refractivity contribution in [1.29, 1.82) is 0 Å². The summed E-state index contributed by atoms with van der Waals surface area (Å²) >= 11 is 0. The van der Waals surface area contributed by atoms with E-state index < -0.39 is 0 Å². The smallest absolute Gasteiger partial charge is 0.160 e. The molecule has 1 aliphatic heterocycles. The summed E-state index contributed by atoms with van der Waals surface area (Å²) in [5, 5.41) is 0. The number of fused-ring (bicyclic) bond motifs is 1. The lowest BCUT2D eigenvalue weighted by Gasteiger charge is -2.23. The maximum absolute atomic E-state index is 5.93. The van der Waals surface area contributed by atoms with Gasteiger partial charge in [0, 0.05) is 19.2 Å². The predicted octanol–water partition coefficient (Wildman–Crippen LogP) is 3.59. The van der Waals surface area contributed by atoms with Gasteiger partial charge in [0.05, 0.1) is 12.6 Å². The molecule has 2 aromatic heterocycles. The summed E-state index contributed by atoms with van der Waals surface area (Å²) < 4.78 is 8.18. The summed E-state index contributed by atoms with van der Waals surface area (Å²) in [6, 6.07) is 14.5. The normalized spacial score (nSPS) is 18.3. The van der Waals surface area contributed by atoms with Crippen LogP contribution in [0.2, 0.25) is 0 Å². The summed E-state index contributed by atoms with van der Waals surface area (Å²) in [4.78, 5) is 9.37. The molecule has 1 aliphatic rings. The van der Waals surface area contributed by atoms with E-state index in [-0.39, 0.29) is 6.10 Å². The van der Waals surface area contributed by atoms with Crippen LogP contribution in [0.4, 0.5) is 0 Å². The van der Waals surface area contributed by atoms with Gasteiger partial charge in [0.1, 0.15) is 11.3 Å². The van der Waals surface area contributed by atoms with Crippen molar-refractivity contribution in [2.45, 2.75) is 38.3 Å². The van der Waals surface area contributed by atoms with Crippen LogP contribution in [0.5, 0.6) is 0 Å². The minimum absolute atomic E-state index is 0.276. The van der Waals surface area contributed by atoms with E-state index in [1.165, 1.54) is 18.4 Å². The summed E-state index contributed by atoms with van der Waals surface area (Å²) in [5.41, 5.74) is 3.20. The number of benzene rings is 1. The van der Waals surface area contributed by atoms with Gasteiger partial charge in [-0.3, -0.25) is 0 Å². The number of ether oxygens (including phenoxy) is 1. The van der Waals surface area contributed by atoms with Crippen molar-refractivity contribution >= 4 is 11.2 Å². The number of hydrogen-bond acceptors (Lipinski definition) is 3. The van der Waals surface area contributed by atoms with Gasteiger partial charge in [0.15, 0.2) is 5.65 Å². The fourth-order valence-corrected chi connectivity index (χ4v) is 3.27. The number of imidazole rings is 1. The summed E-state index contributed by atoms with van der Waals surface area (Å²) in [7, 11) is 0. The molecule has 4 nitrogen and oxygen atoms in total. The third kappa shape index (κ3) is 3.13. The molecular weight excluding hydrogens is 286 g/mol. The van der Waals surface area contributed by atoms with Gasteiger partial charge < -0.3 is 9.30 Å². The first kappa shape index (κ1) is 14.4. The Bertz CT molecular complexity index is 776. The lowest BCUT2D eigenvalue weighted by atomic mass is 10.1. The molecule has 0 amide bonds. The summed E-state index contributed by atoms with van der Waals surface area (Å²) in [6.07, 6.45) is 6.49. The second-order valence-corrected chi connectivity index (χ2v) is 6.14. The third-order valence-electron chi connectivity index (χ3n) is 4.45. The molecule has 4 heteroatoms. The molecule has 1 unspecified atom stereocenters. The molecule has 0 bridgehead atoms. The van der Waals surface area contributed by atoms with Crippen molar-refractivity contribution in [3.63, 3.8) is 0 Å². The van der Waals surface area contributed by atoms with E-state index in [0.717, 1.165) is 43.0 Å². The largest absolute Gasteiger partial charge is 0.376 e. The van der Waals surface area contributed by atoms with E-state index in [0.29, 0.717) is 0 Å². The van der Waals surface area contributed by atoms with Gasteiger partial charge in [-0.05, 0) is 37.0 Å². The van der Waals surface area contributed by atoms with Crippen LogP contribution in [0.1, 0.15) is 30.7 Å². The quantitative estimate of drug-likeness (QED) is 0.739. The van der Waals surface area contributed by atoms with Crippen molar-refractivity contribution in [3.05, 3.63) is 60.0 Å². The Kier molecular flexibility index (Phi) is 4.07. The van der Waals surface area contributed by atoms with Gasteiger partial charge in [-0.1, -0.05) is 30.3 Å². The van der Waals surface area contributed by atoms with E-state index >= 15 is 0 Å². The zero-order chi connectivity index (χ0) is 15.5. The molecule has 1 saturated heterocycles. The second-order valence-electron chi connectivity index (χ2n) is 6.14. The van der Waals surface area contributed by atoms with Crippen molar-refractivity contribution in [2.24, 2.45) is 0 Å².